The van der Waals surface area contributed by atoms with Gasteiger partial charge in [-0.1, -0.05) is 90.0 Å². The quantitative estimate of drug-likeness (QED) is 0.306. The van der Waals surface area contributed by atoms with E-state index >= 15 is 0 Å². The summed E-state index contributed by atoms with van der Waals surface area (Å²) in [6.45, 7) is 0.698. The minimum Gasteiger partial charge on any atom is -0.480 e. The van der Waals surface area contributed by atoms with Crippen LogP contribution < -0.4 is 16.0 Å². The normalized spacial score (nSPS) is 16.3. The van der Waals surface area contributed by atoms with Crippen LogP contribution in [0.2, 0.25) is 10.0 Å². The van der Waals surface area contributed by atoms with E-state index in [-0.39, 0.29) is 39.0 Å². The van der Waals surface area contributed by atoms with Crippen molar-refractivity contribution in [2.45, 2.75) is 18.0 Å². The minimum atomic E-state index is -1.47. The molecule has 4 N–H and O–H groups in total. The lowest BCUT2D eigenvalue weighted by Gasteiger charge is -2.39. The Labute approximate surface area is 246 Å². The number of hydrogen-bond acceptors (Lipinski definition) is 4. The lowest BCUT2D eigenvalue weighted by Crippen LogP contribution is -2.50. The Hall–Kier alpha value is -4.34. The number of fused-ring (bicyclic) bond motifs is 1. The zero-order valence-electron chi connectivity index (χ0n) is 21.6. The molecular formula is C30H26Cl2N4O5. The van der Waals surface area contributed by atoms with Crippen molar-refractivity contribution in [2.24, 2.45) is 0 Å². The molecule has 1 aliphatic carbocycles. The van der Waals surface area contributed by atoms with Crippen molar-refractivity contribution in [3.8, 4) is 0 Å². The predicted molar refractivity (Wildman–Crippen MR) is 155 cm³/mol. The number of carbonyl (C=O) groups excluding carboxylic acids is 3. The highest BCUT2D eigenvalue weighted by molar-refractivity contribution is 6.40. The molecule has 11 heteroatoms. The molecule has 1 aliphatic heterocycles. The van der Waals surface area contributed by atoms with Crippen molar-refractivity contribution in [1.29, 1.82) is 0 Å². The summed E-state index contributed by atoms with van der Waals surface area (Å²) in [7, 11) is 0. The largest absolute Gasteiger partial charge is 0.480 e. The number of rotatable bonds is 8. The standard InChI is InChI=1S/C30H26Cl2N4O5/c31-22-12-19(28(38)36-15-20(16-36)17-6-2-1-3-7-17)13-23(32)26(22)27(37)34-25(29(39)40)14-33-30(41)35-24-11-10-18-8-4-5-9-21(18)24/h1-13,20,24-25H,14-16H2,(H,34,37)(H,39,40)(H2,33,35,41)/t24-,25-/m0/s1. The van der Waals surface area contributed by atoms with Crippen LogP contribution in [0, 0.1) is 0 Å². The van der Waals surface area contributed by atoms with Gasteiger partial charge >= 0.3 is 12.0 Å². The summed E-state index contributed by atoms with van der Waals surface area (Å²) in [4.78, 5) is 51.9. The van der Waals surface area contributed by atoms with E-state index in [4.69, 9.17) is 23.2 Å². The predicted octanol–water partition coefficient (Wildman–Crippen LogP) is 4.48. The first-order valence-electron chi connectivity index (χ1n) is 12.9. The Bertz CT molecular complexity index is 1520. The third-order valence-corrected chi connectivity index (χ3v) is 7.71. The summed E-state index contributed by atoms with van der Waals surface area (Å²) in [6, 6.07) is 17.7. The molecule has 1 saturated heterocycles. The molecule has 2 aliphatic rings. The van der Waals surface area contributed by atoms with Crippen LogP contribution in [0.3, 0.4) is 0 Å². The van der Waals surface area contributed by atoms with Crippen LogP contribution in [0.25, 0.3) is 6.08 Å². The average molecular weight is 593 g/mol. The van der Waals surface area contributed by atoms with Crippen molar-refractivity contribution in [3.05, 3.63) is 111 Å². The van der Waals surface area contributed by atoms with E-state index in [1.807, 2.05) is 66.7 Å². The van der Waals surface area contributed by atoms with E-state index in [1.54, 1.807) is 4.90 Å². The molecule has 0 aromatic heterocycles. The molecule has 9 nitrogen and oxygen atoms in total. The number of benzene rings is 3. The number of nitrogens with one attached hydrogen (secondary N) is 3. The van der Waals surface area contributed by atoms with Gasteiger partial charge in [-0.2, -0.15) is 0 Å². The van der Waals surface area contributed by atoms with Crippen LogP contribution in [-0.2, 0) is 4.79 Å². The number of likely N-dealkylation sites (tertiary alicyclic amines) is 1. The van der Waals surface area contributed by atoms with Gasteiger partial charge in [0.1, 0.15) is 6.04 Å². The molecule has 3 aromatic rings. The van der Waals surface area contributed by atoms with Crippen LogP contribution in [-0.4, -0.2) is 59.5 Å². The monoisotopic (exact) mass is 592 g/mol. The van der Waals surface area contributed by atoms with E-state index < -0.39 is 30.5 Å². The number of carboxylic acids is 1. The number of amides is 4. The van der Waals surface area contributed by atoms with Crippen molar-refractivity contribution < 1.29 is 24.3 Å². The summed E-state index contributed by atoms with van der Waals surface area (Å²) in [6.07, 6.45) is 3.71. The number of halogens is 2. The molecular weight excluding hydrogens is 567 g/mol. The van der Waals surface area contributed by atoms with Crippen LogP contribution in [0.1, 0.15) is 49.4 Å². The fraction of sp³-hybridized carbons (Fsp3) is 0.200. The molecule has 1 fully saturated rings. The molecule has 0 unspecified atom stereocenters. The minimum absolute atomic E-state index is 0.0972. The van der Waals surface area contributed by atoms with E-state index in [1.165, 1.54) is 12.1 Å². The molecule has 0 bridgehead atoms. The molecule has 0 saturated carbocycles. The van der Waals surface area contributed by atoms with Gasteiger partial charge in [0.25, 0.3) is 11.8 Å². The fourth-order valence-corrected chi connectivity index (χ4v) is 5.53. The van der Waals surface area contributed by atoms with Crippen LogP contribution in [0.15, 0.2) is 72.8 Å². The lowest BCUT2D eigenvalue weighted by atomic mass is 9.91. The molecule has 4 amide bonds. The van der Waals surface area contributed by atoms with E-state index in [0.717, 1.165) is 16.7 Å². The van der Waals surface area contributed by atoms with Gasteiger partial charge in [0, 0.05) is 24.6 Å². The smallest absolute Gasteiger partial charge is 0.328 e. The summed E-state index contributed by atoms with van der Waals surface area (Å²) >= 11 is 12.7. The molecule has 2 atom stereocenters. The van der Waals surface area contributed by atoms with Crippen molar-refractivity contribution in [3.63, 3.8) is 0 Å². The summed E-state index contributed by atoms with van der Waals surface area (Å²) in [5, 5.41) is 17.0. The van der Waals surface area contributed by atoms with Gasteiger partial charge in [-0.3, -0.25) is 9.59 Å². The summed E-state index contributed by atoms with van der Waals surface area (Å²) in [5.74, 6) is -2.25. The maximum atomic E-state index is 13.0. The van der Waals surface area contributed by atoms with Gasteiger partial charge in [0.05, 0.1) is 28.2 Å². The van der Waals surface area contributed by atoms with E-state index in [9.17, 15) is 24.3 Å². The second-order valence-corrected chi connectivity index (χ2v) is 10.6. The third-order valence-electron chi connectivity index (χ3n) is 7.11. The highest BCUT2D eigenvalue weighted by atomic mass is 35.5. The highest BCUT2D eigenvalue weighted by Crippen LogP contribution is 2.32. The van der Waals surface area contributed by atoms with Crippen molar-refractivity contribution >= 4 is 53.1 Å². The maximum absolute atomic E-state index is 13.0. The van der Waals surface area contributed by atoms with Crippen LogP contribution in [0.4, 0.5) is 4.79 Å². The molecule has 0 radical (unpaired) electrons. The number of urea groups is 1. The molecule has 0 spiro atoms. The summed E-state index contributed by atoms with van der Waals surface area (Å²) in [5.41, 5.74) is 3.11. The van der Waals surface area contributed by atoms with Gasteiger partial charge in [0.15, 0.2) is 0 Å². The number of carbonyl (C=O) groups is 4. The van der Waals surface area contributed by atoms with E-state index in [2.05, 4.69) is 16.0 Å². The first-order valence-corrected chi connectivity index (χ1v) is 13.6. The van der Waals surface area contributed by atoms with Gasteiger partial charge < -0.3 is 26.0 Å². The van der Waals surface area contributed by atoms with Crippen LogP contribution >= 0.6 is 23.2 Å². The Morgan fingerprint density at radius 1 is 0.951 bits per heavy atom. The van der Waals surface area contributed by atoms with Crippen molar-refractivity contribution in [2.75, 3.05) is 19.6 Å². The average Bonchev–Trinajstić information content (AvgIpc) is 3.32. The fourth-order valence-electron chi connectivity index (χ4n) is 4.87. The maximum Gasteiger partial charge on any atom is 0.328 e. The van der Waals surface area contributed by atoms with Gasteiger partial charge in [-0.25, -0.2) is 9.59 Å². The zero-order valence-corrected chi connectivity index (χ0v) is 23.2. The van der Waals surface area contributed by atoms with Gasteiger partial charge in [0.2, 0.25) is 0 Å². The highest BCUT2D eigenvalue weighted by Gasteiger charge is 2.33. The van der Waals surface area contributed by atoms with Gasteiger partial charge in [-0.15, -0.1) is 0 Å². The second kappa shape index (κ2) is 12.0. The first-order chi connectivity index (χ1) is 19.7. The first kappa shape index (κ1) is 28.2. The number of nitrogens with zero attached hydrogens (tertiary/aromatic N) is 1. The van der Waals surface area contributed by atoms with E-state index in [0.29, 0.717) is 13.1 Å². The Morgan fingerprint density at radius 3 is 2.29 bits per heavy atom. The topological polar surface area (TPSA) is 128 Å². The van der Waals surface area contributed by atoms with Crippen LogP contribution in [0.5, 0.6) is 0 Å². The Morgan fingerprint density at radius 2 is 1.61 bits per heavy atom. The third kappa shape index (κ3) is 6.21. The molecule has 3 aromatic carbocycles. The SMILES string of the molecule is O=C(NC[C@H](NC(=O)c1c(Cl)cc(C(=O)N2CC(c3ccccc3)C2)cc1Cl)C(=O)O)N[C@H]1C=Cc2ccccc21. The molecule has 210 valence electrons. The second-order valence-electron chi connectivity index (χ2n) is 9.82. The van der Waals surface area contributed by atoms with Crippen molar-refractivity contribution in [1.82, 2.24) is 20.9 Å². The van der Waals surface area contributed by atoms with Gasteiger partial charge in [-0.05, 0) is 28.8 Å². The Kier molecular flexibility index (Phi) is 8.28. The Balaban J connectivity index is 1.18. The molecule has 41 heavy (non-hydrogen) atoms. The number of carboxylic acid groups (broad SMARTS) is 1. The summed E-state index contributed by atoms with van der Waals surface area (Å²) < 4.78 is 0. The zero-order chi connectivity index (χ0) is 29.1. The lowest BCUT2D eigenvalue weighted by molar-refractivity contribution is -0.139. The number of aliphatic carboxylic acids is 1. The molecule has 1 heterocycles. The number of hydrogen-bond donors (Lipinski definition) is 4. The molecule has 5 rings (SSSR count).